The van der Waals surface area contributed by atoms with Crippen LogP contribution in [-0.4, -0.2) is 21.2 Å². The highest BCUT2D eigenvalue weighted by atomic mass is 32.2. The highest BCUT2D eigenvalue weighted by molar-refractivity contribution is 8.15. The Bertz CT molecular complexity index is 414. The Balaban J connectivity index is 2.04. The zero-order valence-electron chi connectivity index (χ0n) is 9.38. The number of carbonyl (C=O) groups is 1. The number of nitrogens with zero attached hydrogens (tertiary/aromatic N) is 2. The van der Waals surface area contributed by atoms with Gasteiger partial charge in [-0.25, -0.2) is 4.99 Å². The van der Waals surface area contributed by atoms with Gasteiger partial charge in [0.15, 0.2) is 0 Å². The van der Waals surface area contributed by atoms with Crippen molar-refractivity contribution in [2.24, 2.45) is 10.9 Å². The molecule has 2 heterocycles. The second-order valence-electron chi connectivity index (χ2n) is 4.16. The normalized spacial score (nSPS) is 20.3. The maximum Gasteiger partial charge on any atom is 0.260 e. The van der Waals surface area contributed by atoms with Gasteiger partial charge >= 0.3 is 0 Å². The van der Waals surface area contributed by atoms with E-state index >= 15 is 0 Å². The lowest BCUT2D eigenvalue weighted by Gasteiger charge is -2.09. The van der Waals surface area contributed by atoms with Crippen LogP contribution in [0.3, 0.4) is 0 Å². The van der Waals surface area contributed by atoms with E-state index in [9.17, 15) is 4.79 Å². The monoisotopic (exact) mass is 234 g/mol. The second kappa shape index (κ2) is 4.78. The van der Waals surface area contributed by atoms with Gasteiger partial charge < -0.3 is 0 Å². The van der Waals surface area contributed by atoms with Gasteiger partial charge in [-0.1, -0.05) is 31.7 Å². The third-order valence-electron chi connectivity index (χ3n) is 2.42. The number of hydrogen-bond donors (Lipinski definition) is 0. The lowest BCUT2D eigenvalue weighted by molar-refractivity contribution is -0.117. The molecule has 1 aromatic rings. The number of carbonyl (C=O) groups excluding carboxylic acids is 1. The molecule has 0 saturated heterocycles. The lowest BCUT2D eigenvalue weighted by atomic mass is 10.1. The Hall–Kier alpha value is -1.16. The van der Waals surface area contributed by atoms with Gasteiger partial charge in [-0.05, 0) is 17.5 Å². The summed E-state index contributed by atoms with van der Waals surface area (Å²) in [6.45, 7) is 4.11. The summed E-state index contributed by atoms with van der Waals surface area (Å²) in [6.07, 6.45) is 4.28. The van der Waals surface area contributed by atoms with Gasteiger partial charge in [-0.3, -0.25) is 9.78 Å². The summed E-state index contributed by atoms with van der Waals surface area (Å²) in [5.74, 6) is 0.353. The van der Waals surface area contributed by atoms with Crippen LogP contribution in [0.4, 0.5) is 0 Å². The molecule has 0 bridgehead atoms. The van der Waals surface area contributed by atoms with Crippen LogP contribution in [0.25, 0.3) is 0 Å². The van der Waals surface area contributed by atoms with Gasteiger partial charge in [0.05, 0.1) is 10.3 Å². The third-order valence-corrected chi connectivity index (χ3v) is 3.93. The quantitative estimate of drug-likeness (QED) is 0.806. The Morgan fingerprint density at radius 1 is 1.50 bits per heavy atom. The Kier molecular flexibility index (Phi) is 3.39. The molecule has 1 amide bonds. The Morgan fingerprint density at radius 2 is 2.31 bits per heavy atom. The fourth-order valence-electron chi connectivity index (χ4n) is 1.59. The Labute approximate surface area is 99.4 Å². The van der Waals surface area contributed by atoms with Crippen molar-refractivity contribution in [3.8, 4) is 0 Å². The van der Waals surface area contributed by atoms with Crippen LogP contribution in [0.2, 0.25) is 0 Å². The number of amides is 1. The summed E-state index contributed by atoms with van der Waals surface area (Å²) in [5, 5.41) is 0.920. The maximum atomic E-state index is 11.6. The molecule has 1 aliphatic rings. The predicted octanol–water partition coefficient (Wildman–Crippen LogP) is 2.32. The molecule has 4 heteroatoms. The van der Waals surface area contributed by atoms with Crippen molar-refractivity contribution in [2.45, 2.75) is 25.5 Å². The largest absolute Gasteiger partial charge is 0.271 e. The summed E-state index contributed by atoms with van der Waals surface area (Å²) in [5.41, 5.74) is 1.10. The highest BCUT2D eigenvalue weighted by Gasteiger charge is 2.30. The first-order valence-electron chi connectivity index (χ1n) is 5.34. The first kappa shape index (κ1) is 11.3. The highest BCUT2D eigenvalue weighted by Crippen LogP contribution is 2.29. The lowest BCUT2D eigenvalue weighted by Crippen LogP contribution is -2.17. The molecule has 0 saturated carbocycles. The molecule has 2 rings (SSSR count). The van der Waals surface area contributed by atoms with Crippen LogP contribution < -0.4 is 0 Å². The van der Waals surface area contributed by atoms with Crippen molar-refractivity contribution >= 4 is 22.7 Å². The van der Waals surface area contributed by atoms with Crippen molar-refractivity contribution in [2.75, 3.05) is 0 Å². The van der Waals surface area contributed by atoms with Gasteiger partial charge in [0.2, 0.25) is 0 Å². The van der Waals surface area contributed by atoms with E-state index in [1.165, 1.54) is 0 Å². The zero-order chi connectivity index (χ0) is 11.5. The third kappa shape index (κ3) is 2.50. The number of pyridine rings is 1. The molecule has 0 N–H and O–H groups in total. The van der Waals surface area contributed by atoms with Gasteiger partial charge in [0, 0.05) is 18.8 Å². The molecule has 1 atom stereocenters. The summed E-state index contributed by atoms with van der Waals surface area (Å²) in [6, 6.07) is 3.90. The number of aromatic nitrogens is 1. The molecular formula is C12H14N2OS. The van der Waals surface area contributed by atoms with Crippen LogP contribution in [0, 0.1) is 5.92 Å². The zero-order valence-corrected chi connectivity index (χ0v) is 10.2. The van der Waals surface area contributed by atoms with E-state index in [1.807, 2.05) is 18.3 Å². The van der Waals surface area contributed by atoms with Crippen LogP contribution in [-0.2, 0) is 11.2 Å². The van der Waals surface area contributed by atoms with E-state index in [0.29, 0.717) is 12.3 Å². The van der Waals surface area contributed by atoms with Gasteiger partial charge in [0.1, 0.15) is 0 Å². The topological polar surface area (TPSA) is 42.3 Å². The summed E-state index contributed by atoms with van der Waals surface area (Å²) >= 11 is 1.59. The molecule has 16 heavy (non-hydrogen) atoms. The molecule has 1 unspecified atom stereocenters. The second-order valence-corrected chi connectivity index (χ2v) is 5.38. The molecule has 0 spiro atoms. The minimum Gasteiger partial charge on any atom is -0.271 e. The fraction of sp³-hybridized carbons (Fsp3) is 0.417. The molecule has 1 aromatic heterocycles. The molecule has 0 aromatic carbocycles. The molecule has 0 fully saturated rings. The minimum absolute atomic E-state index is 0.00618. The van der Waals surface area contributed by atoms with Crippen molar-refractivity contribution in [3.63, 3.8) is 0 Å². The van der Waals surface area contributed by atoms with Crippen molar-refractivity contribution in [3.05, 3.63) is 30.1 Å². The average molecular weight is 234 g/mol. The number of hydrogen-bond acceptors (Lipinski definition) is 3. The van der Waals surface area contributed by atoms with E-state index in [0.717, 1.165) is 10.6 Å². The molecular weight excluding hydrogens is 220 g/mol. The predicted molar refractivity (Wildman–Crippen MR) is 66.6 cm³/mol. The van der Waals surface area contributed by atoms with E-state index in [4.69, 9.17) is 0 Å². The molecule has 0 aliphatic carbocycles. The van der Waals surface area contributed by atoms with Crippen LogP contribution in [0.1, 0.15) is 19.4 Å². The van der Waals surface area contributed by atoms with E-state index < -0.39 is 0 Å². The van der Waals surface area contributed by atoms with E-state index in [2.05, 4.69) is 23.8 Å². The smallest absolute Gasteiger partial charge is 0.260 e. The summed E-state index contributed by atoms with van der Waals surface area (Å²) < 4.78 is 0. The molecule has 84 valence electrons. The van der Waals surface area contributed by atoms with Gasteiger partial charge in [0.25, 0.3) is 5.91 Å². The minimum atomic E-state index is 0.00618. The molecule has 1 aliphatic heterocycles. The van der Waals surface area contributed by atoms with E-state index in [1.54, 1.807) is 18.0 Å². The van der Waals surface area contributed by atoms with Crippen LogP contribution >= 0.6 is 11.8 Å². The molecule has 0 radical (unpaired) electrons. The SMILES string of the molecule is CC(C)C1SC(Cc2cccnc2)=NC1=O. The van der Waals surface area contributed by atoms with Crippen molar-refractivity contribution in [1.82, 2.24) is 4.98 Å². The van der Waals surface area contributed by atoms with Gasteiger partial charge in [-0.2, -0.15) is 0 Å². The first-order chi connectivity index (χ1) is 7.66. The number of thioether (sulfide) groups is 1. The molecule has 3 nitrogen and oxygen atoms in total. The van der Waals surface area contributed by atoms with Crippen LogP contribution in [0.5, 0.6) is 0 Å². The maximum absolute atomic E-state index is 11.6. The van der Waals surface area contributed by atoms with Crippen molar-refractivity contribution < 1.29 is 4.79 Å². The number of aliphatic imine (C=N–C) groups is 1. The standard InChI is InChI=1S/C12H14N2OS/c1-8(2)11-12(15)14-10(16-11)6-9-4-3-5-13-7-9/h3-5,7-8,11H,6H2,1-2H3. The summed E-state index contributed by atoms with van der Waals surface area (Å²) in [7, 11) is 0. The van der Waals surface area contributed by atoms with E-state index in [-0.39, 0.29) is 11.2 Å². The summed E-state index contributed by atoms with van der Waals surface area (Å²) in [4.78, 5) is 19.7. The average Bonchev–Trinajstić information content (AvgIpc) is 2.61. The fourth-order valence-corrected chi connectivity index (χ4v) is 2.70. The van der Waals surface area contributed by atoms with Crippen molar-refractivity contribution in [1.29, 1.82) is 0 Å². The first-order valence-corrected chi connectivity index (χ1v) is 6.22. The number of rotatable bonds is 3. The van der Waals surface area contributed by atoms with Gasteiger partial charge in [-0.15, -0.1) is 0 Å². The Morgan fingerprint density at radius 3 is 2.88 bits per heavy atom. The van der Waals surface area contributed by atoms with Crippen LogP contribution in [0.15, 0.2) is 29.5 Å².